The van der Waals surface area contributed by atoms with Gasteiger partial charge in [0.25, 0.3) is 0 Å². The number of hydrogen-bond acceptors (Lipinski definition) is 3. The molecule has 1 aliphatic carbocycles. The molecule has 3 rings (SSSR count). The third-order valence-corrected chi connectivity index (χ3v) is 5.46. The summed E-state index contributed by atoms with van der Waals surface area (Å²) in [6.07, 6.45) is 1.67. The Morgan fingerprint density at radius 2 is 2.27 bits per heavy atom. The molecule has 0 spiro atoms. The van der Waals surface area contributed by atoms with Crippen LogP contribution in [0.25, 0.3) is 0 Å². The molecule has 1 amide bonds. The fraction of sp³-hybridized carbons (Fsp3) is 0.294. The quantitative estimate of drug-likeness (QED) is 0.892. The number of amides is 1. The zero-order valence-electron chi connectivity index (χ0n) is 12.1. The average molecular weight is 331 g/mol. The number of benzene rings is 1. The molecule has 2 aromatic rings. The number of nitrogens with zero attached hydrogens (tertiary/aromatic N) is 1. The van der Waals surface area contributed by atoms with Gasteiger partial charge in [0.2, 0.25) is 5.91 Å². The average Bonchev–Trinajstić information content (AvgIpc) is 3.22. The standard InChI is InChI=1S/C17H15ClN2OS/c1-2-11-7-10(9-19)17(22-11)20-16(21)14-8-13(14)12-5-3-4-6-15(12)18/h3-7,13-14H,2,8H2,1H3,(H,20,21). The van der Waals surface area contributed by atoms with E-state index < -0.39 is 0 Å². The Hall–Kier alpha value is -1.83. The van der Waals surface area contributed by atoms with Crippen molar-refractivity contribution in [2.75, 3.05) is 5.32 Å². The van der Waals surface area contributed by atoms with Crippen LogP contribution in [0.2, 0.25) is 5.02 Å². The van der Waals surface area contributed by atoms with E-state index >= 15 is 0 Å². The topological polar surface area (TPSA) is 52.9 Å². The Kier molecular flexibility index (Phi) is 4.19. The molecule has 0 radical (unpaired) electrons. The number of rotatable bonds is 4. The van der Waals surface area contributed by atoms with E-state index in [1.165, 1.54) is 11.3 Å². The SMILES string of the molecule is CCc1cc(C#N)c(NC(=O)C2CC2c2ccccc2Cl)s1. The van der Waals surface area contributed by atoms with Gasteiger partial charge in [-0.15, -0.1) is 11.3 Å². The second kappa shape index (κ2) is 6.12. The minimum atomic E-state index is -0.0568. The fourth-order valence-electron chi connectivity index (χ4n) is 2.60. The first-order chi connectivity index (χ1) is 10.6. The number of carbonyl (C=O) groups excluding carboxylic acids is 1. The van der Waals surface area contributed by atoms with E-state index in [0.29, 0.717) is 15.6 Å². The van der Waals surface area contributed by atoms with Crippen molar-refractivity contribution in [1.82, 2.24) is 0 Å². The van der Waals surface area contributed by atoms with Gasteiger partial charge in [-0.25, -0.2) is 0 Å². The zero-order valence-corrected chi connectivity index (χ0v) is 13.7. The number of halogens is 1. The predicted molar refractivity (Wildman–Crippen MR) is 89.3 cm³/mol. The number of aryl methyl sites for hydroxylation is 1. The van der Waals surface area contributed by atoms with E-state index in [9.17, 15) is 4.79 Å². The third-order valence-electron chi connectivity index (χ3n) is 3.92. The van der Waals surface area contributed by atoms with Crippen molar-refractivity contribution in [3.63, 3.8) is 0 Å². The van der Waals surface area contributed by atoms with E-state index in [2.05, 4.69) is 11.4 Å². The van der Waals surface area contributed by atoms with Crippen LogP contribution in [0.5, 0.6) is 0 Å². The molecule has 22 heavy (non-hydrogen) atoms. The molecule has 3 nitrogen and oxygen atoms in total. The van der Waals surface area contributed by atoms with Gasteiger partial charge in [-0.05, 0) is 36.5 Å². The summed E-state index contributed by atoms with van der Waals surface area (Å²) in [5.74, 6) is 0.106. The van der Waals surface area contributed by atoms with Gasteiger partial charge in [0.15, 0.2) is 0 Å². The van der Waals surface area contributed by atoms with E-state index in [1.807, 2.05) is 37.3 Å². The number of carbonyl (C=O) groups is 1. The molecule has 1 fully saturated rings. The molecule has 1 N–H and O–H groups in total. The van der Waals surface area contributed by atoms with Crippen molar-refractivity contribution in [3.05, 3.63) is 51.4 Å². The van der Waals surface area contributed by atoms with Crippen LogP contribution in [0.4, 0.5) is 5.00 Å². The van der Waals surface area contributed by atoms with Crippen molar-refractivity contribution in [2.24, 2.45) is 5.92 Å². The van der Waals surface area contributed by atoms with Gasteiger partial charge in [-0.2, -0.15) is 5.26 Å². The first-order valence-corrected chi connectivity index (χ1v) is 8.41. The summed E-state index contributed by atoms with van der Waals surface area (Å²) >= 11 is 7.66. The number of nitriles is 1. The molecule has 112 valence electrons. The third kappa shape index (κ3) is 2.87. The summed E-state index contributed by atoms with van der Waals surface area (Å²) in [6.45, 7) is 2.03. The molecule has 1 aromatic heterocycles. The Balaban J connectivity index is 1.71. The monoisotopic (exact) mass is 330 g/mol. The summed E-state index contributed by atoms with van der Waals surface area (Å²) in [7, 11) is 0. The normalized spacial score (nSPS) is 19.5. The Morgan fingerprint density at radius 1 is 1.50 bits per heavy atom. The number of anilines is 1. The van der Waals surface area contributed by atoms with Gasteiger partial charge in [-0.1, -0.05) is 36.7 Å². The van der Waals surface area contributed by atoms with E-state index in [-0.39, 0.29) is 17.7 Å². The molecule has 2 atom stereocenters. The summed E-state index contributed by atoms with van der Waals surface area (Å²) < 4.78 is 0. The minimum absolute atomic E-state index is 0.0223. The van der Waals surface area contributed by atoms with Gasteiger partial charge < -0.3 is 5.32 Å². The van der Waals surface area contributed by atoms with Crippen LogP contribution in [0.15, 0.2) is 30.3 Å². The lowest BCUT2D eigenvalue weighted by atomic mass is 10.1. The molecule has 1 aromatic carbocycles. The van der Waals surface area contributed by atoms with Crippen LogP contribution in [-0.2, 0) is 11.2 Å². The molecular weight excluding hydrogens is 316 g/mol. The Morgan fingerprint density at radius 3 is 2.95 bits per heavy atom. The van der Waals surface area contributed by atoms with Gasteiger partial charge in [0.05, 0.1) is 5.56 Å². The van der Waals surface area contributed by atoms with Crippen LogP contribution in [0.1, 0.15) is 35.3 Å². The summed E-state index contributed by atoms with van der Waals surface area (Å²) in [5.41, 5.74) is 1.58. The molecule has 0 aliphatic heterocycles. The summed E-state index contributed by atoms with van der Waals surface area (Å²) in [6, 6.07) is 11.6. The van der Waals surface area contributed by atoms with Crippen molar-refractivity contribution < 1.29 is 4.79 Å². The van der Waals surface area contributed by atoms with Crippen LogP contribution in [0.3, 0.4) is 0 Å². The minimum Gasteiger partial charge on any atom is -0.316 e. The van der Waals surface area contributed by atoms with Crippen molar-refractivity contribution in [2.45, 2.75) is 25.7 Å². The van der Waals surface area contributed by atoms with Gasteiger partial charge in [0, 0.05) is 15.8 Å². The lowest BCUT2D eigenvalue weighted by Crippen LogP contribution is -2.14. The molecule has 0 bridgehead atoms. The molecule has 1 aliphatic rings. The van der Waals surface area contributed by atoms with Crippen LogP contribution in [0, 0.1) is 17.2 Å². The van der Waals surface area contributed by atoms with Gasteiger partial charge >= 0.3 is 0 Å². The van der Waals surface area contributed by atoms with Gasteiger partial charge in [0.1, 0.15) is 11.1 Å². The molecule has 2 unspecified atom stereocenters. The predicted octanol–water partition coefficient (Wildman–Crippen LogP) is 4.58. The lowest BCUT2D eigenvalue weighted by Gasteiger charge is -2.04. The van der Waals surface area contributed by atoms with E-state index in [4.69, 9.17) is 16.9 Å². The van der Waals surface area contributed by atoms with E-state index in [1.54, 1.807) is 0 Å². The largest absolute Gasteiger partial charge is 0.316 e. The molecule has 5 heteroatoms. The van der Waals surface area contributed by atoms with Crippen LogP contribution < -0.4 is 5.32 Å². The maximum atomic E-state index is 12.4. The summed E-state index contributed by atoms with van der Waals surface area (Å²) in [5, 5.41) is 13.4. The second-order valence-corrected chi connectivity index (χ2v) is 6.92. The van der Waals surface area contributed by atoms with E-state index in [0.717, 1.165) is 23.3 Å². The molecular formula is C17H15ClN2OS. The maximum absolute atomic E-state index is 12.4. The second-order valence-electron chi connectivity index (χ2n) is 5.38. The highest BCUT2D eigenvalue weighted by molar-refractivity contribution is 7.16. The highest BCUT2D eigenvalue weighted by Crippen LogP contribution is 2.50. The van der Waals surface area contributed by atoms with Crippen molar-refractivity contribution in [1.29, 1.82) is 5.26 Å². The Bertz CT molecular complexity index is 762. The number of nitrogens with one attached hydrogen (secondary N) is 1. The van der Waals surface area contributed by atoms with Crippen molar-refractivity contribution in [3.8, 4) is 6.07 Å². The molecule has 1 saturated carbocycles. The van der Waals surface area contributed by atoms with Crippen LogP contribution >= 0.6 is 22.9 Å². The summed E-state index contributed by atoms with van der Waals surface area (Å²) in [4.78, 5) is 13.5. The zero-order chi connectivity index (χ0) is 15.7. The highest BCUT2D eigenvalue weighted by atomic mass is 35.5. The van der Waals surface area contributed by atoms with Crippen LogP contribution in [-0.4, -0.2) is 5.91 Å². The highest BCUT2D eigenvalue weighted by Gasteiger charge is 2.45. The Labute approximate surface area is 138 Å². The lowest BCUT2D eigenvalue weighted by molar-refractivity contribution is -0.117. The molecule has 1 heterocycles. The van der Waals surface area contributed by atoms with Crippen molar-refractivity contribution >= 4 is 33.8 Å². The molecule has 0 saturated heterocycles. The number of hydrogen-bond donors (Lipinski definition) is 1. The smallest absolute Gasteiger partial charge is 0.228 e. The fourth-order valence-corrected chi connectivity index (χ4v) is 3.83. The maximum Gasteiger partial charge on any atom is 0.228 e. The number of thiophene rings is 1. The first-order valence-electron chi connectivity index (χ1n) is 7.22. The first kappa shape index (κ1) is 15.1. The van der Waals surface area contributed by atoms with Gasteiger partial charge in [-0.3, -0.25) is 4.79 Å².